The lowest BCUT2D eigenvalue weighted by Crippen LogP contribution is -2.76. The lowest BCUT2D eigenvalue weighted by Gasteiger charge is -2.43. The van der Waals surface area contributed by atoms with Crippen LogP contribution in [0.2, 0.25) is 0 Å². The lowest BCUT2D eigenvalue weighted by atomic mass is 9.92. The van der Waals surface area contributed by atoms with Gasteiger partial charge in [-0.3, -0.25) is 9.59 Å². The first-order valence-electron chi connectivity index (χ1n) is 7.28. The molecule has 1 aromatic carbocycles. The highest BCUT2D eigenvalue weighted by atomic mass is 16.5. The molecule has 6 nitrogen and oxygen atoms in total. The van der Waals surface area contributed by atoms with Crippen LogP contribution in [-0.2, 0) is 20.7 Å². The highest BCUT2D eigenvalue weighted by Gasteiger charge is 2.53. The van der Waals surface area contributed by atoms with Gasteiger partial charge in [-0.25, -0.2) is 0 Å². The number of nitrogens with one attached hydrogen (secondary N) is 2. The standard InChI is InChI=1S/C16H22N2O4/c1-11(2)9-16(22-3)14(20)17-15(21,13(19)18-16)10-12-7-5-4-6-8-12/h4-8,11,21H,9-10H2,1-3H3,(H,17,20)(H,18,19)/t15-,16-/m1/s1. The van der Waals surface area contributed by atoms with Crippen LogP contribution in [0.3, 0.4) is 0 Å². The minimum Gasteiger partial charge on any atom is -0.363 e. The first-order chi connectivity index (χ1) is 10.3. The maximum atomic E-state index is 12.4. The molecule has 0 aromatic heterocycles. The van der Waals surface area contributed by atoms with Crippen LogP contribution < -0.4 is 10.6 Å². The zero-order valence-corrected chi connectivity index (χ0v) is 13.1. The Balaban J connectivity index is 2.22. The van der Waals surface area contributed by atoms with E-state index in [0.29, 0.717) is 6.42 Å². The molecule has 0 spiro atoms. The predicted molar refractivity (Wildman–Crippen MR) is 80.6 cm³/mol. The number of aliphatic hydroxyl groups is 1. The number of ether oxygens (including phenoxy) is 1. The number of carbonyl (C=O) groups excluding carboxylic acids is 2. The van der Waals surface area contributed by atoms with E-state index >= 15 is 0 Å². The molecule has 6 heteroatoms. The zero-order valence-electron chi connectivity index (χ0n) is 13.1. The quantitative estimate of drug-likeness (QED) is 0.741. The molecule has 0 unspecified atom stereocenters. The normalized spacial score (nSPS) is 28.4. The molecule has 0 bridgehead atoms. The van der Waals surface area contributed by atoms with Crippen LogP contribution in [0.1, 0.15) is 25.8 Å². The van der Waals surface area contributed by atoms with Gasteiger partial charge < -0.3 is 20.5 Å². The van der Waals surface area contributed by atoms with Crippen LogP contribution in [0.25, 0.3) is 0 Å². The fourth-order valence-electron chi connectivity index (χ4n) is 2.65. The molecule has 1 saturated heterocycles. The summed E-state index contributed by atoms with van der Waals surface area (Å²) in [5.74, 6) is -1.08. The Labute approximate surface area is 129 Å². The second-order valence-electron chi connectivity index (χ2n) is 6.06. The number of hydrogen-bond acceptors (Lipinski definition) is 4. The maximum Gasteiger partial charge on any atom is 0.276 e. The van der Waals surface area contributed by atoms with Gasteiger partial charge in [-0.2, -0.15) is 0 Å². The van der Waals surface area contributed by atoms with E-state index in [0.717, 1.165) is 5.56 Å². The van der Waals surface area contributed by atoms with Crippen molar-refractivity contribution in [3.63, 3.8) is 0 Å². The fourth-order valence-corrected chi connectivity index (χ4v) is 2.65. The van der Waals surface area contributed by atoms with Crippen LogP contribution in [-0.4, -0.2) is 35.5 Å². The third-order valence-electron chi connectivity index (χ3n) is 3.73. The number of piperazine rings is 1. The van der Waals surface area contributed by atoms with Gasteiger partial charge in [0.2, 0.25) is 11.4 Å². The number of rotatable bonds is 5. The van der Waals surface area contributed by atoms with Crippen LogP contribution >= 0.6 is 0 Å². The molecule has 3 N–H and O–H groups in total. The van der Waals surface area contributed by atoms with Gasteiger partial charge in [-0.15, -0.1) is 0 Å². The van der Waals surface area contributed by atoms with Gasteiger partial charge in [-0.05, 0) is 11.5 Å². The average molecular weight is 306 g/mol. The van der Waals surface area contributed by atoms with Gasteiger partial charge in [0, 0.05) is 20.0 Å². The molecule has 1 aliphatic rings. The summed E-state index contributed by atoms with van der Waals surface area (Å²) >= 11 is 0. The molecule has 22 heavy (non-hydrogen) atoms. The number of benzene rings is 1. The van der Waals surface area contributed by atoms with E-state index in [2.05, 4.69) is 10.6 Å². The number of hydrogen-bond donors (Lipinski definition) is 3. The van der Waals surface area contributed by atoms with Gasteiger partial charge in [-0.1, -0.05) is 44.2 Å². The number of methoxy groups -OCH3 is 1. The topological polar surface area (TPSA) is 87.7 Å². The summed E-state index contributed by atoms with van der Waals surface area (Å²) in [6, 6.07) is 9.01. The Bertz CT molecular complexity index is 561. The van der Waals surface area contributed by atoms with Gasteiger partial charge in [0.05, 0.1) is 0 Å². The molecule has 2 atom stereocenters. The smallest absolute Gasteiger partial charge is 0.276 e. The van der Waals surface area contributed by atoms with Crippen molar-refractivity contribution in [3.05, 3.63) is 35.9 Å². The molecule has 2 amide bonds. The zero-order chi connectivity index (χ0) is 16.4. The Morgan fingerprint density at radius 2 is 1.77 bits per heavy atom. The second-order valence-corrected chi connectivity index (χ2v) is 6.06. The van der Waals surface area contributed by atoms with E-state index in [1.807, 2.05) is 19.9 Å². The van der Waals surface area contributed by atoms with Gasteiger partial charge in [0.15, 0.2) is 0 Å². The molecule has 1 aliphatic heterocycles. The molecule has 120 valence electrons. The van der Waals surface area contributed by atoms with E-state index in [4.69, 9.17) is 4.74 Å². The van der Waals surface area contributed by atoms with Crippen molar-refractivity contribution in [2.75, 3.05) is 7.11 Å². The Kier molecular flexibility index (Phi) is 4.53. The molecule has 2 rings (SSSR count). The molecule has 1 heterocycles. The van der Waals surface area contributed by atoms with Crippen molar-refractivity contribution < 1.29 is 19.4 Å². The SMILES string of the molecule is CO[C@@]1(CC(C)C)NC(=O)[C@](O)(Cc2ccccc2)NC1=O. The minimum atomic E-state index is -1.97. The summed E-state index contributed by atoms with van der Waals surface area (Å²) in [5.41, 5.74) is -2.67. The molecular formula is C16H22N2O4. The first kappa shape index (κ1) is 16.5. The van der Waals surface area contributed by atoms with Crippen molar-refractivity contribution in [1.82, 2.24) is 10.6 Å². The van der Waals surface area contributed by atoms with Gasteiger partial charge in [0.25, 0.3) is 11.8 Å². The molecular weight excluding hydrogens is 284 g/mol. The Hall–Kier alpha value is -1.92. The van der Waals surface area contributed by atoms with Crippen LogP contribution in [0.5, 0.6) is 0 Å². The molecule has 0 aliphatic carbocycles. The molecule has 0 saturated carbocycles. The molecule has 0 radical (unpaired) electrons. The largest absolute Gasteiger partial charge is 0.363 e. The lowest BCUT2D eigenvalue weighted by molar-refractivity contribution is -0.182. The van der Waals surface area contributed by atoms with Crippen molar-refractivity contribution in [2.24, 2.45) is 5.92 Å². The number of amides is 2. The van der Waals surface area contributed by atoms with Crippen molar-refractivity contribution >= 4 is 11.8 Å². The van der Waals surface area contributed by atoms with Crippen LogP contribution in [0.15, 0.2) is 30.3 Å². The van der Waals surface area contributed by atoms with Crippen LogP contribution in [0.4, 0.5) is 0 Å². The highest BCUT2D eigenvalue weighted by molar-refractivity contribution is 6.00. The predicted octanol–water partition coefficient (Wildman–Crippen LogP) is 0.552. The minimum absolute atomic E-state index is 0.00706. The van der Waals surface area contributed by atoms with E-state index in [9.17, 15) is 14.7 Å². The first-order valence-corrected chi connectivity index (χ1v) is 7.28. The van der Waals surface area contributed by atoms with E-state index in [-0.39, 0.29) is 12.3 Å². The summed E-state index contributed by atoms with van der Waals surface area (Å²) < 4.78 is 5.26. The highest BCUT2D eigenvalue weighted by Crippen LogP contribution is 2.25. The Morgan fingerprint density at radius 1 is 1.14 bits per heavy atom. The van der Waals surface area contributed by atoms with Crippen LogP contribution in [0, 0.1) is 5.92 Å². The fraction of sp³-hybridized carbons (Fsp3) is 0.500. The van der Waals surface area contributed by atoms with Gasteiger partial charge in [0.1, 0.15) is 0 Å². The summed E-state index contributed by atoms with van der Waals surface area (Å²) in [6.45, 7) is 3.84. The van der Waals surface area contributed by atoms with Crippen molar-refractivity contribution in [3.8, 4) is 0 Å². The Morgan fingerprint density at radius 3 is 2.32 bits per heavy atom. The summed E-state index contributed by atoms with van der Waals surface area (Å²) in [5, 5.41) is 15.5. The average Bonchev–Trinajstić information content (AvgIpc) is 2.45. The van der Waals surface area contributed by atoms with E-state index in [1.165, 1.54) is 7.11 Å². The maximum absolute atomic E-state index is 12.4. The summed E-state index contributed by atoms with van der Waals surface area (Å²) in [7, 11) is 1.36. The third-order valence-corrected chi connectivity index (χ3v) is 3.73. The van der Waals surface area contributed by atoms with Crippen molar-refractivity contribution in [1.29, 1.82) is 0 Å². The summed E-state index contributed by atoms with van der Waals surface area (Å²) in [6.07, 6.45) is 0.315. The second kappa shape index (κ2) is 6.06. The molecule has 1 fully saturated rings. The molecule has 1 aromatic rings. The monoisotopic (exact) mass is 306 g/mol. The van der Waals surface area contributed by atoms with E-state index < -0.39 is 23.3 Å². The summed E-state index contributed by atoms with van der Waals surface area (Å²) in [4.78, 5) is 24.8. The van der Waals surface area contributed by atoms with Crippen molar-refractivity contribution in [2.45, 2.75) is 38.1 Å². The van der Waals surface area contributed by atoms with Gasteiger partial charge >= 0.3 is 0 Å². The third kappa shape index (κ3) is 3.13. The van der Waals surface area contributed by atoms with E-state index in [1.54, 1.807) is 24.3 Å². The number of carbonyl (C=O) groups is 2.